The number of hydrogen-bond donors (Lipinski definition) is 3. The molecule has 0 fully saturated rings. The van der Waals surface area contributed by atoms with E-state index in [-0.39, 0.29) is 11.7 Å². The van der Waals surface area contributed by atoms with Gasteiger partial charge >= 0.3 is 5.69 Å². The molecule has 2 aromatic heterocycles. The van der Waals surface area contributed by atoms with Crippen molar-refractivity contribution in [3.05, 3.63) is 57.2 Å². The number of aromatic amines is 2. The first-order valence-corrected chi connectivity index (χ1v) is 7.02. The zero-order chi connectivity index (χ0) is 15.0. The van der Waals surface area contributed by atoms with Crippen molar-refractivity contribution >= 4 is 28.3 Å². The van der Waals surface area contributed by atoms with Crippen molar-refractivity contribution < 1.29 is 0 Å². The van der Waals surface area contributed by atoms with Crippen LogP contribution in [0.2, 0.25) is 5.15 Å². The molecule has 0 amide bonds. The van der Waals surface area contributed by atoms with Crippen LogP contribution in [-0.2, 0) is 0 Å². The molecule has 0 radical (unpaired) electrons. The Morgan fingerprint density at radius 2 is 2.00 bits per heavy atom. The smallest absolute Gasteiger partial charge is 0.323 e. The van der Waals surface area contributed by atoms with Gasteiger partial charge in [-0.3, -0.25) is 0 Å². The van der Waals surface area contributed by atoms with Crippen molar-refractivity contribution in [2.45, 2.75) is 19.9 Å². The second kappa shape index (κ2) is 5.26. The van der Waals surface area contributed by atoms with Crippen LogP contribution in [0.1, 0.15) is 24.1 Å². The molecule has 21 heavy (non-hydrogen) atoms. The standard InChI is InChI=1S/C15H15ClN4O/c1-8-5-6-17-14(16)13(8)18-9(2)10-3-4-11-12(7-10)20-15(21)19-11/h3-7,9,18H,1-2H3,(H2,19,20,21). The molecular weight excluding hydrogens is 288 g/mol. The van der Waals surface area contributed by atoms with Crippen molar-refractivity contribution in [2.24, 2.45) is 0 Å². The van der Waals surface area contributed by atoms with E-state index in [1.165, 1.54) is 0 Å². The molecule has 3 rings (SSSR count). The fraction of sp³-hybridized carbons (Fsp3) is 0.200. The third-order valence-corrected chi connectivity index (χ3v) is 3.80. The summed E-state index contributed by atoms with van der Waals surface area (Å²) in [5, 5.41) is 3.83. The number of fused-ring (bicyclic) bond motifs is 1. The molecule has 0 saturated heterocycles. The Bertz CT molecular complexity index is 832. The number of hydrogen-bond acceptors (Lipinski definition) is 3. The lowest BCUT2D eigenvalue weighted by molar-refractivity contribution is 0.882. The van der Waals surface area contributed by atoms with E-state index >= 15 is 0 Å². The number of nitrogens with one attached hydrogen (secondary N) is 3. The summed E-state index contributed by atoms with van der Waals surface area (Å²) < 4.78 is 0. The van der Waals surface area contributed by atoms with E-state index in [1.807, 2.05) is 38.1 Å². The largest absolute Gasteiger partial charge is 0.376 e. The average Bonchev–Trinajstić information content (AvgIpc) is 2.81. The van der Waals surface area contributed by atoms with Crippen LogP contribution in [-0.4, -0.2) is 15.0 Å². The molecule has 0 bridgehead atoms. The summed E-state index contributed by atoms with van der Waals surface area (Å²) in [5.41, 5.74) is 4.31. The molecule has 1 aromatic carbocycles. The maximum Gasteiger partial charge on any atom is 0.323 e. The van der Waals surface area contributed by atoms with E-state index in [4.69, 9.17) is 11.6 Å². The van der Waals surface area contributed by atoms with Crippen LogP contribution < -0.4 is 11.0 Å². The fourth-order valence-corrected chi connectivity index (χ4v) is 2.58. The quantitative estimate of drug-likeness (QED) is 0.649. The first-order valence-electron chi connectivity index (χ1n) is 6.64. The van der Waals surface area contributed by atoms with Crippen molar-refractivity contribution in [3.8, 4) is 0 Å². The molecule has 5 nitrogen and oxygen atoms in total. The van der Waals surface area contributed by atoms with Crippen molar-refractivity contribution in [1.29, 1.82) is 0 Å². The lowest BCUT2D eigenvalue weighted by atomic mass is 10.1. The van der Waals surface area contributed by atoms with Gasteiger partial charge in [-0.15, -0.1) is 0 Å². The van der Waals surface area contributed by atoms with Gasteiger partial charge in [0.25, 0.3) is 0 Å². The minimum Gasteiger partial charge on any atom is -0.376 e. The number of aryl methyl sites for hydroxylation is 1. The predicted octanol–water partition coefficient (Wildman–Crippen LogP) is 3.39. The van der Waals surface area contributed by atoms with Gasteiger partial charge < -0.3 is 15.3 Å². The number of imidazole rings is 1. The summed E-state index contributed by atoms with van der Waals surface area (Å²) in [5.74, 6) is 0. The van der Waals surface area contributed by atoms with E-state index in [1.54, 1.807) is 6.20 Å². The Morgan fingerprint density at radius 1 is 1.24 bits per heavy atom. The molecule has 1 unspecified atom stereocenters. The van der Waals surface area contributed by atoms with Crippen LogP contribution in [0.25, 0.3) is 11.0 Å². The zero-order valence-electron chi connectivity index (χ0n) is 11.7. The van der Waals surface area contributed by atoms with Crippen LogP contribution in [0.4, 0.5) is 5.69 Å². The number of nitrogens with zero attached hydrogens (tertiary/aromatic N) is 1. The molecule has 0 saturated carbocycles. The second-order valence-corrected chi connectivity index (χ2v) is 5.40. The SMILES string of the molecule is Cc1ccnc(Cl)c1NC(C)c1ccc2[nH]c(=O)[nH]c2c1. The molecule has 3 aromatic rings. The van der Waals surface area contributed by atoms with E-state index in [0.717, 1.165) is 27.8 Å². The summed E-state index contributed by atoms with van der Waals surface area (Å²) in [6, 6.07) is 7.76. The molecule has 0 aliphatic heterocycles. The van der Waals surface area contributed by atoms with Gasteiger partial charge in [0.1, 0.15) is 0 Å². The maximum absolute atomic E-state index is 11.3. The Labute approximate surface area is 126 Å². The van der Waals surface area contributed by atoms with E-state index in [9.17, 15) is 4.79 Å². The number of aromatic nitrogens is 3. The van der Waals surface area contributed by atoms with Crippen LogP contribution in [0.15, 0.2) is 35.3 Å². The number of pyridine rings is 1. The highest BCUT2D eigenvalue weighted by Crippen LogP contribution is 2.28. The summed E-state index contributed by atoms with van der Waals surface area (Å²) in [6.45, 7) is 4.02. The number of halogens is 1. The van der Waals surface area contributed by atoms with Gasteiger partial charge in [0.15, 0.2) is 5.15 Å². The van der Waals surface area contributed by atoms with Gasteiger partial charge in [-0.1, -0.05) is 17.7 Å². The molecule has 1 atom stereocenters. The summed E-state index contributed by atoms with van der Waals surface area (Å²) in [6.07, 6.45) is 1.68. The molecule has 3 N–H and O–H groups in total. The van der Waals surface area contributed by atoms with E-state index in [0.29, 0.717) is 5.15 Å². The molecule has 108 valence electrons. The predicted molar refractivity (Wildman–Crippen MR) is 84.9 cm³/mol. The molecule has 0 spiro atoms. The number of rotatable bonds is 3. The van der Waals surface area contributed by atoms with E-state index < -0.39 is 0 Å². The van der Waals surface area contributed by atoms with Gasteiger partial charge in [-0.05, 0) is 43.2 Å². The van der Waals surface area contributed by atoms with Crippen LogP contribution in [0.5, 0.6) is 0 Å². The number of anilines is 1. The topological polar surface area (TPSA) is 73.6 Å². The second-order valence-electron chi connectivity index (χ2n) is 5.04. The number of benzene rings is 1. The zero-order valence-corrected chi connectivity index (χ0v) is 12.5. The van der Waals surface area contributed by atoms with Crippen LogP contribution >= 0.6 is 11.6 Å². The maximum atomic E-state index is 11.3. The summed E-state index contributed by atoms with van der Waals surface area (Å²) in [7, 11) is 0. The Morgan fingerprint density at radius 3 is 2.76 bits per heavy atom. The van der Waals surface area contributed by atoms with Gasteiger partial charge in [-0.2, -0.15) is 0 Å². The first-order chi connectivity index (χ1) is 10.0. The first kappa shape index (κ1) is 13.7. The molecule has 0 aliphatic rings. The van der Waals surface area contributed by atoms with Gasteiger partial charge in [-0.25, -0.2) is 9.78 Å². The normalized spacial score (nSPS) is 12.5. The summed E-state index contributed by atoms with van der Waals surface area (Å²) in [4.78, 5) is 20.9. The number of H-pyrrole nitrogens is 2. The highest BCUT2D eigenvalue weighted by molar-refractivity contribution is 6.32. The minimum absolute atomic E-state index is 0.0354. The third-order valence-electron chi connectivity index (χ3n) is 3.51. The van der Waals surface area contributed by atoms with Crippen LogP contribution in [0, 0.1) is 6.92 Å². The third kappa shape index (κ3) is 2.64. The Hall–Kier alpha value is -2.27. The Balaban J connectivity index is 1.93. The Kier molecular flexibility index (Phi) is 3.43. The van der Waals surface area contributed by atoms with Crippen molar-refractivity contribution in [1.82, 2.24) is 15.0 Å². The molecule has 0 aliphatic carbocycles. The summed E-state index contributed by atoms with van der Waals surface area (Å²) >= 11 is 6.13. The lowest BCUT2D eigenvalue weighted by Gasteiger charge is -2.18. The fourth-order valence-electron chi connectivity index (χ4n) is 2.32. The van der Waals surface area contributed by atoms with Crippen molar-refractivity contribution in [2.75, 3.05) is 5.32 Å². The van der Waals surface area contributed by atoms with Gasteiger partial charge in [0.2, 0.25) is 0 Å². The molecule has 2 heterocycles. The monoisotopic (exact) mass is 302 g/mol. The van der Waals surface area contributed by atoms with Crippen LogP contribution in [0.3, 0.4) is 0 Å². The lowest BCUT2D eigenvalue weighted by Crippen LogP contribution is -2.08. The van der Waals surface area contributed by atoms with Crippen molar-refractivity contribution in [3.63, 3.8) is 0 Å². The highest BCUT2D eigenvalue weighted by atomic mass is 35.5. The van der Waals surface area contributed by atoms with Gasteiger partial charge in [0, 0.05) is 12.2 Å². The molecule has 6 heteroatoms. The molecular formula is C15H15ClN4O. The van der Waals surface area contributed by atoms with E-state index in [2.05, 4.69) is 20.3 Å². The highest BCUT2D eigenvalue weighted by Gasteiger charge is 2.11. The average molecular weight is 303 g/mol. The van der Waals surface area contributed by atoms with Gasteiger partial charge in [0.05, 0.1) is 16.7 Å². The minimum atomic E-state index is -0.200.